The van der Waals surface area contributed by atoms with Crippen LogP contribution in [0, 0.1) is 11.8 Å². The van der Waals surface area contributed by atoms with Gasteiger partial charge in [0.1, 0.15) is 46.6 Å². The molecule has 8 fully saturated rings. The van der Waals surface area contributed by atoms with E-state index >= 15 is 0 Å². The Balaban J connectivity index is 0.000000113. The Bertz CT molecular complexity index is 5310. The summed E-state index contributed by atoms with van der Waals surface area (Å²) in [5, 5.41) is 8.23. The van der Waals surface area contributed by atoms with E-state index in [9.17, 15) is 9.59 Å². The Kier molecular flexibility index (Phi) is 20.1. The lowest BCUT2D eigenvalue weighted by molar-refractivity contribution is -0.129. The number of carbonyl (C=O) groups excluding carboxylic acids is 2. The van der Waals surface area contributed by atoms with Gasteiger partial charge in [0.25, 0.3) is 0 Å². The number of aryl methyl sites for hydroxylation is 4. The number of pyridine rings is 4. The SMILES string of the molecule is C=C(C)N1[C@@H]2C[C@H]1CN(c1cc(-c3nc4ccccc4n3C)c(Cl)cn1)C2.CC(=O)N(C)C1CCN(c2cc(-c3nc4ccccc4n3C)c(Cl)cn2)C1.CC(C)NC(=O)NC1CN(c2cc(-c3nc4ccccc4n3C)c(Cl)cn2)C1.Cn1c(-c2cc(N3CC4CC(C4)C3)ncc2Cl)nc2ccccc21. The summed E-state index contributed by atoms with van der Waals surface area (Å²) in [5.41, 5.74) is 12.9. The number of anilines is 4. The summed E-state index contributed by atoms with van der Waals surface area (Å²) in [5.74, 6) is 8.86. The molecule has 7 aliphatic heterocycles. The minimum absolute atomic E-state index is 0.0892. The van der Waals surface area contributed by atoms with Gasteiger partial charge in [-0.2, -0.15) is 0 Å². The van der Waals surface area contributed by atoms with E-state index in [4.69, 9.17) is 66.3 Å². The second-order valence-corrected chi connectivity index (χ2v) is 30.7. The van der Waals surface area contributed by atoms with Crippen LogP contribution in [-0.4, -0.2) is 169 Å². The van der Waals surface area contributed by atoms with Crippen molar-refractivity contribution in [3.05, 3.63) is 178 Å². The third-order valence-electron chi connectivity index (χ3n) is 21.5. The molecule has 26 heteroatoms. The van der Waals surface area contributed by atoms with Crippen molar-refractivity contribution in [3.63, 3.8) is 0 Å². The molecule has 4 bridgehead atoms. The van der Waals surface area contributed by atoms with Crippen molar-refractivity contribution < 1.29 is 9.59 Å². The van der Waals surface area contributed by atoms with Crippen LogP contribution in [0.5, 0.6) is 0 Å². The van der Waals surface area contributed by atoms with Gasteiger partial charge in [-0.3, -0.25) is 4.79 Å². The van der Waals surface area contributed by atoms with Crippen molar-refractivity contribution in [2.45, 2.75) is 83.6 Å². The molecule has 4 aromatic carbocycles. The number of piperidine rings is 3. The maximum Gasteiger partial charge on any atom is 0.315 e. The van der Waals surface area contributed by atoms with Crippen molar-refractivity contribution in [1.29, 1.82) is 0 Å². The third-order valence-corrected chi connectivity index (χ3v) is 22.7. The predicted molar refractivity (Wildman–Crippen MR) is 427 cm³/mol. The largest absolute Gasteiger partial charge is 0.366 e. The standard InChI is InChI=1S/C21H22ClN5.C20H23ClN6O.C20H22ClN5O.C19H19ClN4/c1-13(2)27-14-8-15(27)12-26(11-14)20-9-16(17(22)10-23-20)21-24-18-6-4-5-7-19(18)25(21)3;1-12(2)23-20(28)24-13-10-27(11-13)18-8-14(15(21)9-22-18)19-25-16-6-4-5-7-17(16)26(19)3;1-13(27)24(2)14-8-9-26(12-14)19-10-15(16(21)11-22-19)20-23-17-6-4-5-7-18(17)25(20)3;1-23-17-5-3-2-4-16(17)22-19(23)14-8-18(21-9-15(14)20)24-10-12-6-13(7-12)11-24/h4-7,9-10,14-15H,1,8,11-12H2,2-3H3;4-9,12-13H,10-11H2,1-3H3,(H2,23,24,28);4-7,10-11,14H,8-9,12H2,1-3H3;2-5,8-9,12-13H,6-7,10-11H2,1H3/t14-,15+;;;. The number of carbonyl (C=O) groups is 2. The molecule has 3 amide bonds. The molecule has 1 unspecified atom stereocenters. The van der Waals surface area contributed by atoms with Gasteiger partial charge in [-0.05, 0) is 131 Å². The number of amides is 3. The number of benzene rings is 4. The van der Waals surface area contributed by atoms with Gasteiger partial charge in [-0.25, -0.2) is 44.7 Å². The maximum atomic E-state index is 11.8. The van der Waals surface area contributed by atoms with Crippen LogP contribution in [0.2, 0.25) is 20.1 Å². The van der Waals surface area contributed by atoms with Gasteiger partial charge in [0.15, 0.2) is 0 Å². The van der Waals surface area contributed by atoms with Crippen LogP contribution in [-0.2, 0) is 33.0 Å². The van der Waals surface area contributed by atoms with E-state index in [1.165, 1.54) is 25.0 Å². The van der Waals surface area contributed by atoms with Crippen molar-refractivity contribution in [3.8, 4) is 45.6 Å². The highest BCUT2D eigenvalue weighted by Crippen LogP contribution is 2.43. The summed E-state index contributed by atoms with van der Waals surface area (Å²) in [6, 6.07) is 41.9. The monoisotopic (exact) mass is 1500 g/mol. The van der Waals surface area contributed by atoms with Gasteiger partial charge in [-0.15, -0.1) is 0 Å². The number of hydrogen-bond donors (Lipinski definition) is 2. The molecule has 2 N–H and O–H groups in total. The molecule has 8 aliphatic rings. The van der Waals surface area contributed by atoms with E-state index in [1.807, 2.05) is 156 Å². The van der Waals surface area contributed by atoms with Crippen molar-refractivity contribution in [2.24, 2.45) is 40.0 Å². The third kappa shape index (κ3) is 14.2. The minimum atomic E-state index is -0.135. The van der Waals surface area contributed by atoms with Crippen LogP contribution < -0.4 is 30.2 Å². The smallest absolute Gasteiger partial charge is 0.315 e. The van der Waals surface area contributed by atoms with Gasteiger partial charge in [0, 0.05) is 165 Å². The number of nitrogens with zero attached hydrogens (tertiary/aromatic N) is 18. The topological polar surface area (TPSA) is 200 Å². The second-order valence-electron chi connectivity index (χ2n) is 29.1. The zero-order valence-corrected chi connectivity index (χ0v) is 64.0. The molecule has 20 rings (SSSR count). The Hall–Kier alpha value is -10.0. The number of hydrogen-bond acceptors (Lipinski definition) is 15. The lowest BCUT2D eigenvalue weighted by atomic mass is 9.71. The average molecular weight is 1500 g/mol. The normalized spacial score (nSPS) is 18.7. The Morgan fingerprint density at radius 3 is 1.16 bits per heavy atom. The average Bonchev–Trinajstić information content (AvgIpc) is 1.09. The number of aromatic nitrogens is 12. The molecular formula is C80H86Cl4N20O2. The molecule has 546 valence electrons. The Labute approximate surface area is 636 Å². The van der Waals surface area contributed by atoms with Crippen molar-refractivity contribution >= 4 is 126 Å². The molecule has 3 atom stereocenters. The fourth-order valence-electron chi connectivity index (χ4n) is 15.9. The molecular weight excluding hydrogens is 1410 g/mol. The lowest BCUT2D eigenvalue weighted by Crippen LogP contribution is -2.67. The number of fused-ring (bicyclic) bond motifs is 8. The summed E-state index contributed by atoms with van der Waals surface area (Å²) < 4.78 is 8.29. The maximum absolute atomic E-state index is 11.8. The molecule has 12 aromatic rings. The van der Waals surface area contributed by atoms with Crippen LogP contribution in [0.25, 0.3) is 89.7 Å². The van der Waals surface area contributed by atoms with Gasteiger partial charge >= 0.3 is 6.03 Å². The van der Waals surface area contributed by atoms with E-state index in [2.05, 4.69) is 107 Å². The first kappa shape index (κ1) is 71.6. The van der Waals surface area contributed by atoms with E-state index in [-0.39, 0.29) is 30.1 Å². The Morgan fingerprint density at radius 1 is 0.481 bits per heavy atom. The number of rotatable bonds is 12. The fourth-order valence-corrected chi connectivity index (χ4v) is 16.6. The highest BCUT2D eigenvalue weighted by Gasteiger charge is 2.45. The number of urea groups is 1. The summed E-state index contributed by atoms with van der Waals surface area (Å²) in [7, 11) is 9.91. The molecule has 7 saturated heterocycles. The zero-order chi connectivity index (χ0) is 73.9. The number of piperazine rings is 1. The van der Waals surface area contributed by atoms with Crippen molar-refractivity contribution in [1.82, 2.24) is 78.6 Å². The summed E-state index contributed by atoms with van der Waals surface area (Å²) in [4.78, 5) is 74.1. The number of allylic oxidation sites excluding steroid dienone is 1. The van der Waals surface area contributed by atoms with Gasteiger partial charge in [-0.1, -0.05) is 102 Å². The minimum Gasteiger partial charge on any atom is -0.366 e. The summed E-state index contributed by atoms with van der Waals surface area (Å²) >= 11 is 25.9. The van der Waals surface area contributed by atoms with Crippen LogP contribution in [0.15, 0.2) is 158 Å². The highest BCUT2D eigenvalue weighted by molar-refractivity contribution is 6.34. The molecule has 0 spiro atoms. The number of halogens is 4. The van der Waals surface area contributed by atoms with Crippen LogP contribution in [0.1, 0.15) is 53.4 Å². The number of imidazole rings is 4. The van der Waals surface area contributed by atoms with Crippen LogP contribution in [0.3, 0.4) is 0 Å². The molecule has 8 aromatic heterocycles. The first-order chi connectivity index (χ1) is 51.1. The zero-order valence-electron chi connectivity index (χ0n) is 61.0. The molecule has 106 heavy (non-hydrogen) atoms. The van der Waals surface area contributed by atoms with Crippen LogP contribution in [0.4, 0.5) is 28.1 Å². The van der Waals surface area contributed by atoms with Crippen molar-refractivity contribution in [2.75, 3.05) is 79.0 Å². The molecule has 15 heterocycles. The number of likely N-dealkylation sites (N-methyl/N-ethyl adjacent to an activating group) is 1. The number of para-hydroxylation sites is 8. The van der Waals surface area contributed by atoms with Gasteiger partial charge in [0.2, 0.25) is 5.91 Å². The fraction of sp³-hybridized carbons (Fsp3) is 0.350. The molecule has 1 saturated carbocycles. The first-order valence-electron chi connectivity index (χ1n) is 36.1. The van der Waals surface area contributed by atoms with E-state index in [0.717, 1.165) is 170 Å². The Morgan fingerprint density at radius 2 is 0.821 bits per heavy atom. The lowest BCUT2D eigenvalue weighted by Gasteiger charge is -2.58. The predicted octanol–water partition coefficient (Wildman–Crippen LogP) is 14.8. The molecule has 0 radical (unpaired) electrons. The molecule has 22 nitrogen and oxygen atoms in total. The number of nitrogens with one attached hydrogen (secondary N) is 2. The molecule has 1 aliphatic carbocycles. The quantitative estimate of drug-likeness (QED) is 0.117. The van der Waals surface area contributed by atoms with Crippen LogP contribution >= 0.6 is 46.4 Å². The summed E-state index contributed by atoms with van der Waals surface area (Å²) in [6.07, 6.45) is 11.8. The van der Waals surface area contributed by atoms with E-state index in [1.54, 1.807) is 31.7 Å². The van der Waals surface area contributed by atoms with E-state index < -0.39 is 0 Å². The summed E-state index contributed by atoms with van der Waals surface area (Å²) in [6.45, 7) is 18.9. The highest BCUT2D eigenvalue weighted by atomic mass is 35.5. The van der Waals surface area contributed by atoms with Gasteiger partial charge in [0.05, 0.1) is 76.3 Å². The first-order valence-corrected chi connectivity index (χ1v) is 37.6. The van der Waals surface area contributed by atoms with E-state index in [0.29, 0.717) is 45.3 Å². The second kappa shape index (κ2) is 29.7. The van der Waals surface area contributed by atoms with Gasteiger partial charge < -0.3 is 58.3 Å².